The number of fused-ring (bicyclic) bond motifs is 1. The molecule has 154 valence electrons. The molecule has 0 spiro atoms. The number of benzene rings is 2. The van der Waals surface area contributed by atoms with Crippen molar-refractivity contribution in [2.24, 2.45) is 0 Å². The first-order chi connectivity index (χ1) is 13.9. The molecule has 0 fully saturated rings. The molecule has 2 aromatic carbocycles. The van der Waals surface area contributed by atoms with E-state index >= 15 is 0 Å². The Bertz CT molecular complexity index is 1070. The second kappa shape index (κ2) is 9.28. The predicted molar refractivity (Wildman–Crippen MR) is 119 cm³/mol. The summed E-state index contributed by atoms with van der Waals surface area (Å²) in [5, 5.41) is 4.35. The van der Waals surface area contributed by atoms with Gasteiger partial charge in [0.25, 0.3) is 0 Å². The molecule has 0 aliphatic heterocycles. The van der Waals surface area contributed by atoms with Gasteiger partial charge >= 0.3 is 5.97 Å². The van der Waals surface area contributed by atoms with Gasteiger partial charge in [-0.1, -0.05) is 11.6 Å². The average Bonchev–Trinajstić information content (AvgIpc) is 3.05. The van der Waals surface area contributed by atoms with Crippen molar-refractivity contribution in [1.29, 1.82) is 0 Å². The third-order valence-corrected chi connectivity index (χ3v) is 5.77. The van der Waals surface area contributed by atoms with Crippen molar-refractivity contribution in [3.63, 3.8) is 0 Å². The lowest BCUT2D eigenvalue weighted by Gasteiger charge is -2.11. The van der Waals surface area contributed by atoms with Crippen molar-refractivity contribution in [3.05, 3.63) is 49.6 Å². The topological polar surface area (TPSA) is 69.9 Å². The fourth-order valence-corrected chi connectivity index (χ4v) is 4.72. The zero-order valence-electron chi connectivity index (χ0n) is 15.9. The molecule has 0 bridgehead atoms. The van der Waals surface area contributed by atoms with Crippen molar-refractivity contribution in [2.45, 2.75) is 13.5 Å². The summed E-state index contributed by atoms with van der Waals surface area (Å²) < 4.78 is 23.3. The molecule has 0 saturated heterocycles. The molecule has 1 N–H and O–H groups in total. The number of halogens is 3. The molecule has 1 aromatic heterocycles. The molecule has 0 radical (unpaired) electrons. The molecule has 3 rings (SSSR count). The van der Waals surface area contributed by atoms with Crippen LogP contribution in [-0.4, -0.2) is 26.8 Å². The van der Waals surface area contributed by atoms with Crippen LogP contribution in [0.1, 0.15) is 23.0 Å². The van der Waals surface area contributed by atoms with Crippen LogP contribution in [0.5, 0.6) is 11.5 Å². The number of ether oxygens (including phenoxy) is 3. The molecule has 0 amide bonds. The molecular formula is C20H18Br2ClNO5. The van der Waals surface area contributed by atoms with E-state index in [1.807, 2.05) is 0 Å². The zero-order valence-corrected chi connectivity index (χ0v) is 19.8. The summed E-state index contributed by atoms with van der Waals surface area (Å²) in [5.74, 6) is 1.11. The Morgan fingerprint density at radius 3 is 2.62 bits per heavy atom. The van der Waals surface area contributed by atoms with E-state index in [0.717, 1.165) is 0 Å². The van der Waals surface area contributed by atoms with Crippen LogP contribution in [0.3, 0.4) is 0 Å². The van der Waals surface area contributed by atoms with Crippen LogP contribution in [0.15, 0.2) is 37.6 Å². The van der Waals surface area contributed by atoms with E-state index in [0.29, 0.717) is 53.4 Å². The molecule has 0 aliphatic carbocycles. The maximum Gasteiger partial charge on any atom is 0.342 e. The van der Waals surface area contributed by atoms with E-state index in [4.69, 9.17) is 30.2 Å². The van der Waals surface area contributed by atoms with Gasteiger partial charge in [0.2, 0.25) is 0 Å². The Labute approximate surface area is 189 Å². The molecule has 0 unspecified atom stereocenters. The SMILES string of the molecule is CCOC(=O)c1c(CNc2cc(Cl)ccc2OC)oc2cc(Br)c(OC)c(Br)c12. The highest BCUT2D eigenvalue weighted by atomic mass is 79.9. The number of rotatable bonds is 7. The summed E-state index contributed by atoms with van der Waals surface area (Å²) in [6, 6.07) is 6.99. The molecule has 0 saturated carbocycles. The van der Waals surface area contributed by atoms with Crippen LogP contribution in [-0.2, 0) is 11.3 Å². The van der Waals surface area contributed by atoms with Crippen LogP contribution in [0.2, 0.25) is 5.02 Å². The number of esters is 1. The number of nitrogens with one attached hydrogen (secondary N) is 1. The molecule has 9 heteroatoms. The molecule has 0 aliphatic rings. The highest BCUT2D eigenvalue weighted by molar-refractivity contribution is 9.11. The maximum absolute atomic E-state index is 12.7. The number of hydrogen-bond acceptors (Lipinski definition) is 6. The summed E-state index contributed by atoms with van der Waals surface area (Å²) in [5.41, 5.74) is 1.52. The summed E-state index contributed by atoms with van der Waals surface area (Å²) in [4.78, 5) is 12.7. The molecule has 1 heterocycles. The molecule has 6 nitrogen and oxygen atoms in total. The lowest BCUT2D eigenvalue weighted by Crippen LogP contribution is -2.09. The van der Waals surface area contributed by atoms with Gasteiger partial charge in [0.1, 0.15) is 28.4 Å². The predicted octanol–water partition coefficient (Wildman–Crippen LogP) is 6.42. The van der Waals surface area contributed by atoms with Crippen LogP contribution < -0.4 is 14.8 Å². The largest absolute Gasteiger partial charge is 0.495 e. The van der Waals surface area contributed by atoms with Crippen molar-refractivity contribution >= 4 is 66.1 Å². The van der Waals surface area contributed by atoms with Crippen molar-refractivity contribution in [1.82, 2.24) is 0 Å². The van der Waals surface area contributed by atoms with E-state index in [1.165, 1.54) is 0 Å². The van der Waals surface area contributed by atoms with Gasteiger partial charge in [-0.25, -0.2) is 4.79 Å². The van der Waals surface area contributed by atoms with Gasteiger partial charge in [0, 0.05) is 5.02 Å². The Morgan fingerprint density at radius 1 is 1.21 bits per heavy atom. The van der Waals surface area contributed by atoms with Crippen LogP contribution in [0, 0.1) is 0 Å². The minimum atomic E-state index is -0.480. The Kier molecular flexibility index (Phi) is 6.97. The number of carbonyl (C=O) groups is 1. The number of furan rings is 1. The summed E-state index contributed by atoms with van der Waals surface area (Å²) in [7, 11) is 3.12. The Hall–Kier alpha value is -1.90. The van der Waals surface area contributed by atoms with Gasteiger partial charge in [-0.3, -0.25) is 0 Å². The van der Waals surface area contributed by atoms with Crippen molar-refractivity contribution < 1.29 is 23.4 Å². The van der Waals surface area contributed by atoms with Crippen LogP contribution >= 0.6 is 43.5 Å². The Morgan fingerprint density at radius 2 is 1.97 bits per heavy atom. The molecule has 0 atom stereocenters. The summed E-state index contributed by atoms with van der Waals surface area (Å²) in [6.07, 6.45) is 0. The number of methoxy groups -OCH3 is 2. The van der Waals surface area contributed by atoms with Gasteiger partial charge in [0.05, 0.1) is 47.4 Å². The molecule has 3 aromatic rings. The van der Waals surface area contributed by atoms with E-state index in [1.54, 1.807) is 45.4 Å². The molecule has 29 heavy (non-hydrogen) atoms. The van der Waals surface area contributed by atoms with E-state index in [9.17, 15) is 4.79 Å². The normalized spacial score (nSPS) is 10.8. The quantitative estimate of drug-likeness (QED) is 0.345. The van der Waals surface area contributed by atoms with Gasteiger partial charge in [-0.15, -0.1) is 0 Å². The average molecular weight is 548 g/mol. The van der Waals surface area contributed by atoms with Gasteiger partial charge < -0.3 is 23.9 Å². The highest BCUT2D eigenvalue weighted by Gasteiger charge is 2.26. The fraction of sp³-hybridized carbons (Fsp3) is 0.250. The van der Waals surface area contributed by atoms with E-state index in [-0.39, 0.29) is 13.2 Å². The summed E-state index contributed by atoms with van der Waals surface area (Å²) in [6.45, 7) is 2.21. The molecular weight excluding hydrogens is 529 g/mol. The van der Waals surface area contributed by atoms with Crippen LogP contribution in [0.4, 0.5) is 5.69 Å². The minimum absolute atomic E-state index is 0.214. The monoisotopic (exact) mass is 545 g/mol. The zero-order chi connectivity index (χ0) is 21.1. The van der Waals surface area contributed by atoms with Gasteiger partial charge in [-0.05, 0) is 63.0 Å². The van der Waals surface area contributed by atoms with Crippen LogP contribution in [0.25, 0.3) is 11.0 Å². The number of carbonyl (C=O) groups excluding carboxylic acids is 1. The first-order valence-corrected chi connectivity index (χ1v) is 10.6. The van der Waals surface area contributed by atoms with Gasteiger partial charge in [0.15, 0.2) is 0 Å². The maximum atomic E-state index is 12.7. The van der Waals surface area contributed by atoms with E-state index < -0.39 is 5.97 Å². The smallest absolute Gasteiger partial charge is 0.342 e. The number of hydrogen-bond donors (Lipinski definition) is 1. The fourth-order valence-electron chi connectivity index (χ4n) is 2.94. The Balaban J connectivity index is 2.09. The second-order valence-electron chi connectivity index (χ2n) is 5.90. The standard InChI is InChI=1S/C20H18Br2ClNO5/c1-4-28-20(25)17-15(9-24-12-7-10(23)5-6-13(12)26-2)29-14-8-11(21)19(27-3)18(22)16(14)17/h5-8,24H,4,9H2,1-3H3. The lowest BCUT2D eigenvalue weighted by atomic mass is 10.1. The lowest BCUT2D eigenvalue weighted by molar-refractivity contribution is 0.0526. The first-order valence-electron chi connectivity index (χ1n) is 8.63. The second-order valence-corrected chi connectivity index (χ2v) is 7.98. The third kappa shape index (κ3) is 4.34. The number of anilines is 1. The minimum Gasteiger partial charge on any atom is -0.495 e. The first kappa shape index (κ1) is 21.8. The van der Waals surface area contributed by atoms with Crippen molar-refractivity contribution in [2.75, 3.05) is 26.1 Å². The highest BCUT2D eigenvalue weighted by Crippen LogP contribution is 2.43. The summed E-state index contributed by atoms with van der Waals surface area (Å²) >= 11 is 13.1. The van der Waals surface area contributed by atoms with Gasteiger partial charge in [-0.2, -0.15) is 0 Å². The van der Waals surface area contributed by atoms with E-state index in [2.05, 4.69) is 37.2 Å². The van der Waals surface area contributed by atoms with Crippen molar-refractivity contribution in [3.8, 4) is 11.5 Å². The third-order valence-electron chi connectivity index (χ3n) is 4.19.